The molecule has 3 rings (SSSR count). The first-order valence-electron chi connectivity index (χ1n) is 9.80. The van der Waals surface area contributed by atoms with Crippen molar-refractivity contribution in [3.8, 4) is 0 Å². The van der Waals surface area contributed by atoms with E-state index in [0.717, 1.165) is 30.1 Å². The van der Waals surface area contributed by atoms with Gasteiger partial charge in [-0.15, -0.1) is 11.8 Å². The Morgan fingerprint density at radius 3 is 2.68 bits per heavy atom. The lowest BCUT2D eigenvalue weighted by Crippen LogP contribution is -2.47. The number of methoxy groups -OCH3 is 1. The Hall–Kier alpha value is -1.77. The highest BCUT2D eigenvalue weighted by Gasteiger charge is 2.21. The molecule has 9 heteroatoms. The van der Waals surface area contributed by atoms with E-state index in [-0.39, 0.29) is 23.7 Å². The highest BCUT2D eigenvalue weighted by atomic mass is 35.5. The van der Waals surface area contributed by atoms with Crippen LogP contribution in [0.1, 0.15) is 15.9 Å². The Kier molecular flexibility index (Phi) is 9.04. The van der Waals surface area contributed by atoms with Gasteiger partial charge in [-0.05, 0) is 42.0 Å². The van der Waals surface area contributed by atoms with Crippen molar-refractivity contribution in [2.24, 2.45) is 0 Å². The van der Waals surface area contributed by atoms with Crippen LogP contribution in [0.25, 0.3) is 0 Å². The van der Waals surface area contributed by atoms with Gasteiger partial charge in [0.25, 0.3) is 0 Å². The van der Waals surface area contributed by atoms with E-state index >= 15 is 0 Å². The summed E-state index contributed by atoms with van der Waals surface area (Å²) >= 11 is 13.5. The maximum atomic E-state index is 12.2. The molecular weight excluding hydrogens is 459 g/mol. The molecule has 0 radical (unpaired) electrons. The standard InChI is InChI=1S/C22H24Cl2N2O4S/c1-29-22(28)16-3-5-18(6-4-16)31-14-21(27)25-11-17-13-26(8-9-30-17)12-15-2-7-19(23)20(24)10-15/h2-7,10,17H,8-9,11-14H2,1H3,(H,25,27). The fourth-order valence-corrected chi connectivity index (χ4v) is 4.23. The Morgan fingerprint density at radius 1 is 1.19 bits per heavy atom. The third-order valence-corrected chi connectivity index (χ3v) is 6.54. The van der Waals surface area contributed by atoms with Crippen molar-refractivity contribution < 1.29 is 19.1 Å². The molecule has 2 aromatic carbocycles. The number of nitrogens with zero attached hydrogens (tertiary/aromatic N) is 1. The minimum atomic E-state index is -0.380. The molecule has 0 saturated carbocycles. The smallest absolute Gasteiger partial charge is 0.337 e. The van der Waals surface area contributed by atoms with Crippen LogP contribution >= 0.6 is 35.0 Å². The van der Waals surface area contributed by atoms with Crippen LogP contribution in [0.5, 0.6) is 0 Å². The number of esters is 1. The summed E-state index contributed by atoms with van der Waals surface area (Å²) in [6.45, 7) is 3.37. The molecule has 0 spiro atoms. The number of carbonyl (C=O) groups excluding carboxylic acids is 2. The molecule has 1 amide bonds. The number of nitrogens with one attached hydrogen (secondary N) is 1. The molecule has 1 aliphatic heterocycles. The predicted molar refractivity (Wildman–Crippen MR) is 123 cm³/mol. The van der Waals surface area contributed by atoms with E-state index in [4.69, 9.17) is 27.9 Å². The predicted octanol–water partition coefficient (Wildman–Crippen LogP) is 3.89. The van der Waals surface area contributed by atoms with Gasteiger partial charge in [-0.1, -0.05) is 29.3 Å². The van der Waals surface area contributed by atoms with Gasteiger partial charge in [0, 0.05) is 31.1 Å². The van der Waals surface area contributed by atoms with Gasteiger partial charge in [-0.3, -0.25) is 9.69 Å². The van der Waals surface area contributed by atoms with Gasteiger partial charge >= 0.3 is 5.97 Å². The second kappa shape index (κ2) is 11.7. The summed E-state index contributed by atoms with van der Waals surface area (Å²) in [5.41, 5.74) is 1.57. The lowest BCUT2D eigenvalue weighted by molar-refractivity contribution is -0.119. The zero-order valence-electron chi connectivity index (χ0n) is 17.1. The maximum absolute atomic E-state index is 12.2. The van der Waals surface area contributed by atoms with Crippen molar-refractivity contribution in [2.75, 3.05) is 39.1 Å². The van der Waals surface area contributed by atoms with E-state index in [1.807, 2.05) is 12.1 Å². The highest BCUT2D eigenvalue weighted by molar-refractivity contribution is 8.00. The second-order valence-electron chi connectivity index (χ2n) is 7.09. The molecule has 1 unspecified atom stereocenters. The molecule has 0 aromatic heterocycles. The molecule has 6 nitrogen and oxygen atoms in total. The molecule has 0 bridgehead atoms. The van der Waals surface area contributed by atoms with Crippen LogP contribution in [0, 0.1) is 0 Å². The monoisotopic (exact) mass is 482 g/mol. The van der Waals surface area contributed by atoms with E-state index in [0.29, 0.717) is 28.8 Å². The average molecular weight is 483 g/mol. The van der Waals surface area contributed by atoms with E-state index in [1.54, 1.807) is 30.3 Å². The van der Waals surface area contributed by atoms with Gasteiger partial charge in [-0.2, -0.15) is 0 Å². The number of amides is 1. The second-order valence-corrected chi connectivity index (χ2v) is 8.95. The summed E-state index contributed by atoms with van der Waals surface area (Å²) in [5.74, 6) is -0.153. The van der Waals surface area contributed by atoms with Crippen LogP contribution in [-0.4, -0.2) is 62.0 Å². The molecule has 166 valence electrons. The van der Waals surface area contributed by atoms with Crippen LogP contribution in [0.2, 0.25) is 10.0 Å². The SMILES string of the molecule is COC(=O)c1ccc(SCC(=O)NCC2CN(Cc3ccc(Cl)c(Cl)c3)CCO2)cc1. The Morgan fingerprint density at radius 2 is 1.97 bits per heavy atom. The molecule has 1 saturated heterocycles. The zero-order valence-corrected chi connectivity index (χ0v) is 19.4. The molecule has 31 heavy (non-hydrogen) atoms. The fraction of sp³-hybridized carbons (Fsp3) is 0.364. The normalized spacial score (nSPS) is 16.7. The number of thioether (sulfide) groups is 1. The molecule has 2 aromatic rings. The number of morpholine rings is 1. The van der Waals surface area contributed by atoms with Crippen molar-refractivity contribution in [1.82, 2.24) is 10.2 Å². The first-order chi connectivity index (χ1) is 14.9. The van der Waals surface area contributed by atoms with E-state index < -0.39 is 0 Å². The Labute approximate surface area is 196 Å². The highest BCUT2D eigenvalue weighted by Crippen LogP contribution is 2.23. The maximum Gasteiger partial charge on any atom is 0.337 e. The summed E-state index contributed by atoms with van der Waals surface area (Å²) in [6, 6.07) is 12.6. The molecule has 1 heterocycles. The van der Waals surface area contributed by atoms with Crippen molar-refractivity contribution in [3.05, 3.63) is 63.6 Å². The fourth-order valence-electron chi connectivity index (χ4n) is 3.18. The minimum absolute atomic E-state index is 0.0627. The molecule has 1 aliphatic rings. The number of rotatable bonds is 8. The lowest BCUT2D eigenvalue weighted by Gasteiger charge is -2.33. The van der Waals surface area contributed by atoms with Gasteiger partial charge < -0.3 is 14.8 Å². The van der Waals surface area contributed by atoms with Crippen molar-refractivity contribution >= 4 is 46.8 Å². The van der Waals surface area contributed by atoms with Gasteiger partial charge in [0.1, 0.15) is 0 Å². The van der Waals surface area contributed by atoms with Gasteiger partial charge in [0.15, 0.2) is 0 Å². The summed E-state index contributed by atoms with van der Waals surface area (Å²) in [5, 5.41) is 4.03. The number of ether oxygens (including phenoxy) is 2. The molecule has 1 fully saturated rings. The summed E-state index contributed by atoms with van der Waals surface area (Å²) in [7, 11) is 1.35. The van der Waals surface area contributed by atoms with Gasteiger partial charge in [0.05, 0.1) is 41.2 Å². The van der Waals surface area contributed by atoms with E-state index in [2.05, 4.69) is 15.0 Å². The van der Waals surface area contributed by atoms with E-state index in [9.17, 15) is 9.59 Å². The number of hydrogen-bond donors (Lipinski definition) is 1. The number of halogens is 2. The van der Waals surface area contributed by atoms with Crippen LogP contribution < -0.4 is 5.32 Å². The van der Waals surface area contributed by atoms with Crippen molar-refractivity contribution in [1.29, 1.82) is 0 Å². The number of carbonyl (C=O) groups is 2. The first kappa shape index (κ1) is 23.9. The third-order valence-electron chi connectivity index (χ3n) is 4.79. The summed E-state index contributed by atoms with van der Waals surface area (Å²) in [4.78, 5) is 26.9. The topological polar surface area (TPSA) is 67.9 Å². The van der Waals surface area contributed by atoms with Gasteiger partial charge in [0.2, 0.25) is 5.91 Å². The quantitative estimate of drug-likeness (QED) is 0.454. The molecule has 1 atom stereocenters. The molecular formula is C22H24Cl2N2O4S. The van der Waals surface area contributed by atoms with Gasteiger partial charge in [-0.25, -0.2) is 4.79 Å². The first-order valence-corrected chi connectivity index (χ1v) is 11.5. The molecule has 1 N–H and O–H groups in total. The number of hydrogen-bond acceptors (Lipinski definition) is 6. The molecule has 0 aliphatic carbocycles. The van der Waals surface area contributed by atoms with Crippen LogP contribution in [0.15, 0.2) is 47.4 Å². The van der Waals surface area contributed by atoms with E-state index in [1.165, 1.54) is 18.9 Å². The van der Waals surface area contributed by atoms with Crippen molar-refractivity contribution in [2.45, 2.75) is 17.5 Å². The Balaban J connectivity index is 1.40. The van der Waals surface area contributed by atoms with Crippen LogP contribution in [0.3, 0.4) is 0 Å². The summed E-state index contributed by atoms with van der Waals surface area (Å²) < 4.78 is 10.5. The van der Waals surface area contributed by atoms with Crippen molar-refractivity contribution in [3.63, 3.8) is 0 Å². The largest absolute Gasteiger partial charge is 0.465 e. The summed E-state index contributed by atoms with van der Waals surface area (Å²) in [6.07, 6.45) is -0.0650. The lowest BCUT2D eigenvalue weighted by atomic mass is 10.2. The van der Waals surface area contributed by atoms with Crippen LogP contribution in [-0.2, 0) is 20.8 Å². The Bertz CT molecular complexity index is 911. The third kappa shape index (κ3) is 7.40. The average Bonchev–Trinajstić information content (AvgIpc) is 2.79. The minimum Gasteiger partial charge on any atom is -0.465 e. The zero-order chi connectivity index (χ0) is 22.2. The van der Waals surface area contributed by atoms with Crippen LogP contribution in [0.4, 0.5) is 0 Å². The number of benzene rings is 2.